The Labute approximate surface area is 154 Å². The summed E-state index contributed by atoms with van der Waals surface area (Å²) in [6.07, 6.45) is 2.13. The third kappa shape index (κ3) is 5.43. The Bertz CT molecular complexity index is 711. The van der Waals surface area contributed by atoms with Gasteiger partial charge < -0.3 is 15.5 Å². The van der Waals surface area contributed by atoms with Crippen LogP contribution in [0.4, 0.5) is 11.4 Å². The van der Waals surface area contributed by atoms with E-state index < -0.39 is 0 Å². The molecule has 2 aromatic rings. The zero-order valence-corrected chi connectivity index (χ0v) is 14.9. The van der Waals surface area contributed by atoms with Gasteiger partial charge >= 0.3 is 0 Å². The largest absolute Gasteiger partial charge is 0.326 e. The van der Waals surface area contributed by atoms with Crippen molar-refractivity contribution in [2.24, 2.45) is 5.92 Å². The second-order valence-corrected chi connectivity index (χ2v) is 6.64. The zero-order valence-electron chi connectivity index (χ0n) is 14.9. The van der Waals surface area contributed by atoms with Crippen molar-refractivity contribution in [3.8, 4) is 0 Å². The number of likely N-dealkylation sites (tertiary alicyclic amines) is 1. The number of nitrogens with one attached hydrogen (secondary N) is 2. The minimum atomic E-state index is 0.0279. The summed E-state index contributed by atoms with van der Waals surface area (Å²) in [5.74, 6) is 0.169. The van der Waals surface area contributed by atoms with Crippen LogP contribution >= 0.6 is 0 Å². The smallest absolute Gasteiger partial charge is 0.227 e. The second kappa shape index (κ2) is 9.15. The van der Waals surface area contributed by atoms with Gasteiger partial charge in [0.15, 0.2) is 0 Å². The Morgan fingerprint density at radius 1 is 0.846 bits per heavy atom. The summed E-state index contributed by atoms with van der Waals surface area (Å²) in [6.45, 7) is 2.43. The van der Waals surface area contributed by atoms with Crippen LogP contribution in [0.15, 0.2) is 60.7 Å². The molecular weight excluding hydrogens is 326 g/mol. The van der Waals surface area contributed by atoms with Crippen molar-refractivity contribution in [3.63, 3.8) is 0 Å². The van der Waals surface area contributed by atoms with Crippen molar-refractivity contribution in [1.29, 1.82) is 0 Å². The highest BCUT2D eigenvalue weighted by Gasteiger charge is 2.25. The monoisotopic (exact) mass is 351 g/mol. The topological polar surface area (TPSA) is 61.4 Å². The fraction of sp³-hybridized carbons (Fsp3) is 0.333. The molecule has 1 aliphatic rings. The summed E-state index contributed by atoms with van der Waals surface area (Å²) in [4.78, 5) is 26.6. The van der Waals surface area contributed by atoms with E-state index in [-0.39, 0.29) is 17.7 Å². The number of amides is 2. The quantitative estimate of drug-likeness (QED) is 0.839. The lowest BCUT2D eigenvalue weighted by atomic mass is 9.95. The maximum atomic E-state index is 12.3. The van der Waals surface area contributed by atoms with Gasteiger partial charge in [0.25, 0.3) is 0 Å². The predicted molar refractivity (Wildman–Crippen MR) is 104 cm³/mol. The van der Waals surface area contributed by atoms with Gasteiger partial charge in [0.05, 0.1) is 0 Å². The number of benzene rings is 2. The molecule has 0 saturated carbocycles. The third-order valence-corrected chi connectivity index (χ3v) is 4.71. The second-order valence-electron chi connectivity index (χ2n) is 6.64. The van der Waals surface area contributed by atoms with Crippen LogP contribution in [0.2, 0.25) is 0 Å². The van der Waals surface area contributed by atoms with Crippen molar-refractivity contribution in [2.75, 3.05) is 30.3 Å². The fourth-order valence-electron chi connectivity index (χ4n) is 3.19. The summed E-state index contributed by atoms with van der Waals surface area (Å²) in [6, 6.07) is 19.1. The van der Waals surface area contributed by atoms with E-state index in [1.54, 1.807) is 0 Å². The molecule has 0 atom stereocenters. The zero-order chi connectivity index (χ0) is 18.2. The van der Waals surface area contributed by atoms with Gasteiger partial charge in [-0.1, -0.05) is 36.4 Å². The Morgan fingerprint density at radius 2 is 1.38 bits per heavy atom. The van der Waals surface area contributed by atoms with E-state index >= 15 is 0 Å². The van der Waals surface area contributed by atoms with E-state index in [0.29, 0.717) is 6.42 Å². The Kier molecular flexibility index (Phi) is 6.39. The van der Waals surface area contributed by atoms with Gasteiger partial charge in [-0.15, -0.1) is 0 Å². The van der Waals surface area contributed by atoms with Crippen LogP contribution in [0, 0.1) is 5.92 Å². The summed E-state index contributed by atoms with van der Waals surface area (Å²) in [7, 11) is 0. The molecule has 136 valence electrons. The number of piperidine rings is 1. The summed E-state index contributed by atoms with van der Waals surface area (Å²) < 4.78 is 0. The summed E-state index contributed by atoms with van der Waals surface area (Å²) in [5.41, 5.74) is 1.67. The van der Waals surface area contributed by atoms with Crippen molar-refractivity contribution in [1.82, 2.24) is 4.90 Å². The molecule has 0 radical (unpaired) electrons. The SMILES string of the molecule is O=C(CCN1CCC(C(=O)Nc2ccccc2)CC1)Nc1ccccc1. The molecule has 1 aliphatic heterocycles. The molecule has 3 rings (SSSR count). The highest BCUT2D eigenvalue weighted by molar-refractivity contribution is 5.92. The molecule has 0 aromatic heterocycles. The molecule has 2 aromatic carbocycles. The van der Waals surface area contributed by atoms with Crippen molar-refractivity contribution < 1.29 is 9.59 Å². The molecule has 26 heavy (non-hydrogen) atoms. The molecular formula is C21H25N3O2. The van der Waals surface area contributed by atoms with E-state index in [4.69, 9.17) is 0 Å². The first-order valence-corrected chi connectivity index (χ1v) is 9.14. The molecule has 0 bridgehead atoms. The average molecular weight is 351 g/mol. The van der Waals surface area contributed by atoms with Crippen LogP contribution in [-0.4, -0.2) is 36.3 Å². The molecule has 0 unspecified atom stereocenters. The highest BCUT2D eigenvalue weighted by Crippen LogP contribution is 2.19. The lowest BCUT2D eigenvalue weighted by molar-refractivity contribution is -0.121. The average Bonchev–Trinajstić information content (AvgIpc) is 2.68. The van der Waals surface area contributed by atoms with Crippen LogP contribution in [0.3, 0.4) is 0 Å². The van der Waals surface area contributed by atoms with E-state index in [1.165, 1.54) is 0 Å². The normalized spacial score (nSPS) is 15.4. The van der Waals surface area contributed by atoms with Gasteiger partial charge in [-0.25, -0.2) is 0 Å². The number of para-hydroxylation sites is 2. The van der Waals surface area contributed by atoms with Crippen LogP contribution in [0.5, 0.6) is 0 Å². The Hall–Kier alpha value is -2.66. The van der Waals surface area contributed by atoms with Crippen molar-refractivity contribution in [2.45, 2.75) is 19.3 Å². The molecule has 1 saturated heterocycles. The van der Waals surface area contributed by atoms with Gasteiger partial charge in [-0.3, -0.25) is 9.59 Å². The fourth-order valence-corrected chi connectivity index (χ4v) is 3.19. The van der Waals surface area contributed by atoms with E-state index in [9.17, 15) is 9.59 Å². The number of carbonyl (C=O) groups excluding carboxylic acids is 2. The first-order valence-electron chi connectivity index (χ1n) is 9.14. The van der Waals surface area contributed by atoms with Crippen LogP contribution < -0.4 is 10.6 Å². The molecule has 0 aliphatic carbocycles. The predicted octanol–water partition coefficient (Wildman–Crippen LogP) is 3.37. The van der Waals surface area contributed by atoms with Gasteiger partial charge in [-0.05, 0) is 50.2 Å². The molecule has 1 heterocycles. The van der Waals surface area contributed by atoms with E-state index in [0.717, 1.165) is 43.9 Å². The standard InChI is InChI=1S/C21H25N3O2/c25-20(22-18-7-3-1-4-8-18)13-16-24-14-11-17(12-15-24)21(26)23-19-9-5-2-6-10-19/h1-10,17H,11-16H2,(H,22,25)(H,23,26). The first-order chi connectivity index (χ1) is 12.7. The van der Waals surface area contributed by atoms with E-state index in [2.05, 4.69) is 15.5 Å². The number of hydrogen-bond donors (Lipinski definition) is 2. The van der Waals surface area contributed by atoms with Gasteiger partial charge in [-0.2, -0.15) is 0 Å². The van der Waals surface area contributed by atoms with Crippen molar-refractivity contribution in [3.05, 3.63) is 60.7 Å². The molecule has 1 fully saturated rings. The molecule has 5 heteroatoms. The minimum absolute atomic E-state index is 0.0279. The summed E-state index contributed by atoms with van der Waals surface area (Å²) >= 11 is 0. The van der Waals surface area contributed by atoms with Crippen LogP contribution in [0.1, 0.15) is 19.3 Å². The van der Waals surface area contributed by atoms with E-state index in [1.807, 2.05) is 60.7 Å². The maximum absolute atomic E-state index is 12.3. The lowest BCUT2D eigenvalue weighted by Gasteiger charge is -2.31. The van der Waals surface area contributed by atoms with Crippen molar-refractivity contribution >= 4 is 23.2 Å². The lowest BCUT2D eigenvalue weighted by Crippen LogP contribution is -2.39. The first kappa shape index (κ1) is 18.1. The molecule has 5 nitrogen and oxygen atoms in total. The molecule has 0 spiro atoms. The van der Waals surface area contributed by atoms with Gasteiger partial charge in [0, 0.05) is 30.3 Å². The minimum Gasteiger partial charge on any atom is -0.326 e. The number of hydrogen-bond acceptors (Lipinski definition) is 3. The third-order valence-electron chi connectivity index (χ3n) is 4.71. The highest BCUT2D eigenvalue weighted by atomic mass is 16.2. The number of rotatable bonds is 6. The number of nitrogens with zero attached hydrogens (tertiary/aromatic N) is 1. The van der Waals surface area contributed by atoms with Crippen LogP contribution in [-0.2, 0) is 9.59 Å². The maximum Gasteiger partial charge on any atom is 0.227 e. The molecule has 2 amide bonds. The molecule has 2 N–H and O–H groups in total. The van der Waals surface area contributed by atoms with Crippen LogP contribution in [0.25, 0.3) is 0 Å². The van der Waals surface area contributed by atoms with Gasteiger partial charge in [0.2, 0.25) is 11.8 Å². The summed E-state index contributed by atoms with van der Waals surface area (Å²) in [5, 5.41) is 5.89. The van der Waals surface area contributed by atoms with Gasteiger partial charge in [0.1, 0.15) is 0 Å². The number of carbonyl (C=O) groups is 2. The Morgan fingerprint density at radius 3 is 1.96 bits per heavy atom. The number of anilines is 2. The Balaban J connectivity index is 1.37.